The molecule has 65 heavy (non-hydrogen) atoms. The lowest BCUT2D eigenvalue weighted by Gasteiger charge is -2.23. The van der Waals surface area contributed by atoms with E-state index in [-0.39, 0.29) is 5.41 Å². The van der Waals surface area contributed by atoms with Gasteiger partial charge in [-0.1, -0.05) is 196 Å². The average molecular weight is 832 g/mol. The van der Waals surface area contributed by atoms with Gasteiger partial charge >= 0.3 is 0 Å². The summed E-state index contributed by atoms with van der Waals surface area (Å²) < 4.78 is 4.68. The van der Waals surface area contributed by atoms with Crippen LogP contribution in [0.5, 0.6) is 0 Å². The van der Waals surface area contributed by atoms with Gasteiger partial charge in [-0.3, -0.25) is 4.57 Å². The van der Waals surface area contributed by atoms with E-state index in [1.807, 2.05) is 0 Å². The number of aromatic nitrogens is 5. The second kappa shape index (κ2) is 14.3. The lowest BCUT2D eigenvalue weighted by molar-refractivity contribution is 0.663. The first kappa shape index (κ1) is 37.2. The van der Waals surface area contributed by atoms with Gasteiger partial charge in [0.15, 0.2) is 11.6 Å². The van der Waals surface area contributed by atoms with E-state index in [4.69, 9.17) is 15.0 Å². The van der Waals surface area contributed by atoms with E-state index in [9.17, 15) is 0 Å². The van der Waals surface area contributed by atoms with Crippen molar-refractivity contribution in [3.8, 4) is 67.8 Å². The summed E-state index contributed by atoms with van der Waals surface area (Å²) in [5, 5.41) is 4.64. The zero-order chi connectivity index (χ0) is 43.2. The van der Waals surface area contributed by atoms with Crippen molar-refractivity contribution in [2.24, 2.45) is 0 Å². The first-order chi connectivity index (χ1) is 32.0. The van der Waals surface area contributed by atoms with Gasteiger partial charge in [0, 0.05) is 43.8 Å². The topological polar surface area (TPSA) is 48.5 Å². The lowest BCUT2D eigenvalue weighted by atomic mass is 9.81. The number of rotatable bonds is 6. The predicted molar refractivity (Wildman–Crippen MR) is 268 cm³/mol. The molecule has 1 aliphatic carbocycles. The summed E-state index contributed by atoms with van der Waals surface area (Å²) in [6.45, 7) is 4.71. The molecule has 0 N–H and O–H groups in total. The Bertz CT molecular complexity index is 3860. The molecule has 12 aromatic rings. The van der Waals surface area contributed by atoms with Crippen LogP contribution in [0.1, 0.15) is 25.0 Å². The van der Waals surface area contributed by atoms with Crippen molar-refractivity contribution in [2.45, 2.75) is 19.3 Å². The van der Waals surface area contributed by atoms with Crippen molar-refractivity contribution < 1.29 is 0 Å². The third-order valence-electron chi connectivity index (χ3n) is 13.6. The Kier molecular flexibility index (Phi) is 8.18. The fourth-order valence-corrected chi connectivity index (χ4v) is 10.8. The molecular formula is C60H41N5. The van der Waals surface area contributed by atoms with Crippen LogP contribution in [0, 0.1) is 0 Å². The highest BCUT2D eigenvalue weighted by atomic mass is 15.2. The second-order valence-electron chi connectivity index (χ2n) is 17.5. The van der Waals surface area contributed by atoms with Crippen molar-refractivity contribution in [3.63, 3.8) is 0 Å². The number of hydrogen-bond acceptors (Lipinski definition) is 3. The number of nitrogens with zero attached hydrogens (tertiary/aromatic N) is 5. The Morgan fingerprint density at radius 3 is 1.57 bits per heavy atom. The maximum absolute atomic E-state index is 5.64. The van der Waals surface area contributed by atoms with Gasteiger partial charge < -0.3 is 4.57 Å². The van der Waals surface area contributed by atoms with E-state index in [0.29, 0.717) is 17.6 Å². The van der Waals surface area contributed by atoms with E-state index in [0.717, 1.165) is 71.9 Å². The smallest absolute Gasteiger partial charge is 0.238 e. The van der Waals surface area contributed by atoms with Crippen LogP contribution in [-0.2, 0) is 5.41 Å². The summed E-state index contributed by atoms with van der Waals surface area (Å²) in [5.74, 6) is 1.77. The molecule has 5 heteroatoms. The molecule has 9 aromatic carbocycles. The number of fused-ring (bicyclic) bond motifs is 10. The fraction of sp³-hybridized carbons (Fsp3) is 0.0500. The minimum Gasteiger partial charge on any atom is -0.309 e. The third-order valence-corrected chi connectivity index (χ3v) is 13.6. The van der Waals surface area contributed by atoms with Gasteiger partial charge in [-0.15, -0.1) is 0 Å². The summed E-state index contributed by atoms with van der Waals surface area (Å²) in [7, 11) is 0. The Balaban J connectivity index is 1.16. The molecular weight excluding hydrogens is 791 g/mol. The van der Waals surface area contributed by atoms with Crippen molar-refractivity contribution in [1.82, 2.24) is 24.1 Å². The standard InChI is InChI=1S/C60H41N5/c1-60(2)51-33-16-13-27-43(51)46-36-37-48-45-29-15-18-35-53(45)65(56(48)54(46)60)59-62-57(49-30-12-11-26-42(49)41-25-10-9-24-40(41)38-20-5-3-6-21-38)61-58(63-59)50-32-19-31-47-44-28-14-17-34-52(44)64(55(47)50)39-22-7-4-8-23-39/h3-37H,1-2H3. The molecule has 0 unspecified atom stereocenters. The molecule has 0 amide bonds. The highest BCUT2D eigenvalue weighted by Crippen LogP contribution is 2.53. The molecule has 306 valence electrons. The third kappa shape index (κ3) is 5.55. The van der Waals surface area contributed by atoms with E-state index in [1.54, 1.807) is 0 Å². The zero-order valence-corrected chi connectivity index (χ0v) is 35.9. The van der Waals surface area contributed by atoms with Crippen molar-refractivity contribution >= 4 is 43.6 Å². The van der Waals surface area contributed by atoms with E-state index in [2.05, 4.69) is 235 Å². The molecule has 0 fully saturated rings. The van der Waals surface area contributed by atoms with Crippen molar-refractivity contribution in [1.29, 1.82) is 0 Å². The van der Waals surface area contributed by atoms with Gasteiger partial charge in [-0.2, -0.15) is 9.97 Å². The highest BCUT2D eigenvalue weighted by molar-refractivity contribution is 6.14. The molecule has 1 aliphatic rings. The number of hydrogen-bond donors (Lipinski definition) is 0. The van der Waals surface area contributed by atoms with Crippen LogP contribution in [0.4, 0.5) is 0 Å². The Morgan fingerprint density at radius 2 is 0.846 bits per heavy atom. The summed E-state index contributed by atoms with van der Waals surface area (Å²) in [4.78, 5) is 16.8. The number of benzene rings is 9. The Hall–Kier alpha value is -8.41. The van der Waals surface area contributed by atoms with E-state index >= 15 is 0 Å². The van der Waals surface area contributed by atoms with E-state index in [1.165, 1.54) is 33.0 Å². The Morgan fingerprint density at radius 1 is 0.338 bits per heavy atom. The molecule has 0 spiro atoms. The highest BCUT2D eigenvalue weighted by Gasteiger charge is 2.39. The van der Waals surface area contributed by atoms with Gasteiger partial charge in [-0.05, 0) is 74.8 Å². The molecule has 0 bridgehead atoms. The average Bonchev–Trinajstić information content (AvgIpc) is 3.97. The lowest BCUT2D eigenvalue weighted by Crippen LogP contribution is -2.17. The molecule has 5 nitrogen and oxygen atoms in total. The van der Waals surface area contributed by atoms with Gasteiger partial charge in [0.05, 0.1) is 22.1 Å². The van der Waals surface area contributed by atoms with Gasteiger partial charge in [-0.25, -0.2) is 4.98 Å². The van der Waals surface area contributed by atoms with Crippen molar-refractivity contribution in [2.75, 3.05) is 0 Å². The Labute approximate surface area is 376 Å². The van der Waals surface area contributed by atoms with Crippen molar-refractivity contribution in [3.05, 3.63) is 223 Å². The largest absolute Gasteiger partial charge is 0.309 e. The van der Waals surface area contributed by atoms with Crippen LogP contribution in [0.3, 0.4) is 0 Å². The maximum Gasteiger partial charge on any atom is 0.238 e. The normalized spacial score (nSPS) is 12.9. The van der Waals surface area contributed by atoms with Crippen LogP contribution in [0.2, 0.25) is 0 Å². The number of para-hydroxylation sites is 4. The van der Waals surface area contributed by atoms with E-state index < -0.39 is 0 Å². The monoisotopic (exact) mass is 831 g/mol. The molecule has 3 heterocycles. The van der Waals surface area contributed by atoms with Crippen LogP contribution in [0.15, 0.2) is 212 Å². The second-order valence-corrected chi connectivity index (χ2v) is 17.5. The summed E-state index contributed by atoms with van der Waals surface area (Å²) in [6, 6.07) is 75.7. The predicted octanol–water partition coefficient (Wildman–Crippen LogP) is 15.0. The molecule has 0 aliphatic heterocycles. The molecule has 0 radical (unpaired) electrons. The van der Waals surface area contributed by atoms with Crippen LogP contribution >= 0.6 is 0 Å². The summed E-state index contributed by atoms with van der Waals surface area (Å²) >= 11 is 0. The van der Waals surface area contributed by atoms with Crippen LogP contribution < -0.4 is 0 Å². The minimum atomic E-state index is -0.286. The van der Waals surface area contributed by atoms with Crippen LogP contribution in [-0.4, -0.2) is 24.1 Å². The first-order valence-corrected chi connectivity index (χ1v) is 22.3. The maximum atomic E-state index is 5.64. The SMILES string of the molecule is CC1(C)c2ccccc2-c2ccc3c4ccccc4n(-c4nc(-c5ccccc5-c5ccccc5-c5ccccc5)nc(-c5cccc6c7ccccc7n(-c7ccccc7)c56)n4)c3c21. The minimum absolute atomic E-state index is 0.286. The zero-order valence-electron chi connectivity index (χ0n) is 35.9. The molecule has 0 saturated heterocycles. The molecule has 0 atom stereocenters. The summed E-state index contributed by atoms with van der Waals surface area (Å²) in [6.07, 6.45) is 0. The van der Waals surface area contributed by atoms with Crippen LogP contribution in [0.25, 0.3) is 111 Å². The molecule has 13 rings (SSSR count). The molecule has 0 saturated carbocycles. The molecule has 3 aromatic heterocycles. The summed E-state index contributed by atoms with van der Waals surface area (Å²) in [5.41, 5.74) is 16.5. The van der Waals surface area contributed by atoms with Gasteiger partial charge in [0.1, 0.15) is 0 Å². The fourth-order valence-electron chi connectivity index (χ4n) is 10.8. The van der Waals surface area contributed by atoms with Gasteiger partial charge in [0.2, 0.25) is 5.95 Å². The van der Waals surface area contributed by atoms with Gasteiger partial charge in [0.25, 0.3) is 0 Å². The quantitative estimate of drug-likeness (QED) is 0.168. The first-order valence-electron chi connectivity index (χ1n) is 22.3.